The molecule has 0 radical (unpaired) electrons. The minimum Gasteiger partial charge on any atom is -0.494 e. The van der Waals surface area contributed by atoms with Crippen LogP contribution in [-0.4, -0.2) is 38.6 Å². The Hall–Kier alpha value is -1.51. The van der Waals surface area contributed by atoms with E-state index in [0.717, 1.165) is 24.3 Å². The van der Waals surface area contributed by atoms with Gasteiger partial charge in [0.15, 0.2) is 5.96 Å². The van der Waals surface area contributed by atoms with E-state index in [1.165, 1.54) is 0 Å². The van der Waals surface area contributed by atoms with E-state index in [1.807, 2.05) is 38.1 Å². The van der Waals surface area contributed by atoms with Gasteiger partial charge in [-0.05, 0) is 19.4 Å². The van der Waals surface area contributed by atoms with E-state index in [2.05, 4.69) is 20.9 Å². The van der Waals surface area contributed by atoms with Crippen molar-refractivity contribution < 1.29 is 9.53 Å². The fraction of sp³-hybridized carbons (Fsp3) is 0.529. The van der Waals surface area contributed by atoms with Crippen LogP contribution in [0.15, 0.2) is 29.3 Å². The predicted molar refractivity (Wildman–Crippen MR) is 109 cm³/mol. The highest BCUT2D eigenvalue weighted by molar-refractivity contribution is 14.0. The van der Waals surface area contributed by atoms with Crippen molar-refractivity contribution in [3.8, 4) is 5.75 Å². The van der Waals surface area contributed by atoms with E-state index in [9.17, 15) is 4.79 Å². The van der Waals surface area contributed by atoms with Crippen molar-refractivity contribution in [3.05, 3.63) is 29.8 Å². The number of nitrogens with zero attached hydrogens (tertiary/aromatic N) is 1. The van der Waals surface area contributed by atoms with Gasteiger partial charge in [0.1, 0.15) is 5.75 Å². The molecule has 0 heterocycles. The number of carbonyl (C=O) groups is 1. The second-order valence-electron chi connectivity index (χ2n) is 4.99. The fourth-order valence-electron chi connectivity index (χ4n) is 1.99. The molecule has 0 aliphatic heterocycles. The van der Waals surface area contributed by atoms with Gasteiger partial charge in [0.05, 0.1) is 6.61 Å². The van der Waals surface area contributed by atoms with Gasteiger partial charge in [-0.1, -0.05) is 25.1 Å². The number of hydrogen-bond acceptors (Lipinski definition) is 3. The molecule has 1 aromatic carbocycles. The first kappa shape index (κ1) is 22.5. The highest BCUT2D eigenvalue weighted by Gasteiger charge is 2.05. The first-order valence-electron chi connectivity index (χ1n) is 8.13. The number of amides is 1. The average molecular weight is 448 g/mol. The van der Waals surface area contributed by atoms with E-state index < -0.39 is 0 Å². The van der Waals surface area contributed by atoms with Gasteiger partial charge in [0, 0.05) is 38.7 Å². The lowest BCUT2D eigenvalue weighted by molar-refractivity contribution is -0.120. The van der Waals surface area contributed by atoms with Crippen LogP contribution in [0.3, 0.4) is 0 Å². The lowest BCUT2D eigenvalue weighted by Crippen LogP contribution is -2.39. The molecule has 0 atom stereocenters. The largest absolute Gasteiger partial charge is 0.494 e. The van der Waals surface area contributed by atoms with Crippen molar-refractivity contribution in [1.82, 2.24) is 16.0 Å². The van der Waals surface area contributed by atoms with Crippen molar-refractivity contribution in [2.45, 2.75) is 33.2 Å². The normalized spacial score (nSPS) is 10.5. The molecule has 0 aliphatic carbocycles. The van der Waals surface area contributed by atoms with Crippen molar-refractivity contribution in [2.24, 2.45) is 4.99 Å². The molecule has 3 N–H and O–H groups in total. The van der Waals surface area contributed by atoms with Crippen molar-refractivity contribution in [1.29, 1.82) is 0 Å². The number of aliphatic imine (C=N–C) groups is 1. The quantitative estimate of drug-likeness (QED) is 0.308. The molecule has 0 unspecified atom stereocenters. The van der Waals surface area contributed by atoms with E-state index in [4.69, 9.17) is 4.74 Å². The Balaban J connectivity index is 0.00000529. The molecule has 1 rings (SSSR count). The van der Waals surface area contributed by atoms with Gasteiger partial charge in [-0.2, -0.15) is 0 Å². The molecule has 24 heavy (non-hydrogen) atoms. The summed E-state index contributed by atoms with van der Waals surface area (Å²) in [5, 5.41) is 9.21. The van der Waals surface area contributed by atoms with E-state index in [1.54, 1.807) is 7.05 Å². The monoisotopic (exact) mass is 448 g/mol. The zero-order valence-corrected chi connectivity index (χ0v) is 17.1. The maximum absolute atomic E-state index is 11.5. The second-order valence-corrected chi connectivity index (χ2v) is 4.99. The summed E-state index contributed by atoms with van der Waals surface area (Å²) in [5.41, 5.74) is 1.07. The first-order chi connectivity index (χ1) is 11.2. The van der Waals surface area contributed by atoms with Gasteiger partial charge in [-0.3, -0.25) is 9.79 Å². The summed E-state index contributed by atoms with van der Waals surface area (Å²) in [6, 6.07) is 7.91. The maximum Gasteiger partial charge on any atom is 0.221 e. The van der Waals surface area contributed by atoms with Crippen LogP contribution >= 0.6 is 24.0 Å². The number of benzene rings is 1. The molecular formula is C17H29IN4O2. The molecule has 0 saturated carbocycles. The third-order valence-electron chi connectivity index (χ3n) is 3.16. The zero-order chi connectivity index (χ0) is 16.9. The van der Waals surface area contributed by atoms with Gasteiger partial charge in [0.25, 0.3) is 0 Å². The van der Waals surface area contributed by atoms with Crippen molar-refractivity contribution >= 4 is 35.8 Å². The number of ether oxygens (including phenoxy) is 1. The predicted octanol–water partition coefficient (Wildman–Crippen LogP) is 2.28. The molecule has 0 spiro atoms. The number of carbonyl (C=O) groups excluding carboxylic acids is 1. The van der Waals surface area contributed by atoms with E-state index in [0.29, 0.717) is 32.1 Å². The lowest BCUT2D eigenvalue weighted by atomic mass is 10.2. The highest BCUT2D eigenvalue weighted by atomic mass is 127. The van der Waals surface area contributed by atoms with Crippen LogP contribution in [0.4, 0.5) is 0 Å². The van der Waals surface area contributed by atoms with E-state index in [-0.39, 0.29) is 29.9 Å². The van der Waals surface area contributed by atoms with Crippen molar-refractivity contribution in [3.63, 3.8) is 0 Å². The molecule has 0 fully saturated rings. The number of halogens is 1. The Kier molecular flexibility index (Phi) is 13.0. The summed E-state index contributed by atoms with van der Waals surface area (Å²) in [5.74, 6) is 1.59. The van der Waals surface area contributed by atoms with Gasteiger partial charge in [-0.25, -0.2) is 0 Å². The number of nitrogens with one attached hydrogen (secondary N) is 3. The maximum atomic E-state index is 11.5. The summed E-state index contributed by atoms with van der Waals surface area (Å²) < 4.78 is 5.60. The summed E-state index contributed by atoms with van der Waals surface area (Å²) in [6.45, 7) is 6.51. The Morgan fingerprint density at radius 1 is 1.12 bits per heavy atom. The smallest absolute Gasteiger partial charge is 0.221 e. The molecule has 7 heteroatoms. The Morgan fingerprint density at radius 3 is 2.54 bits per heavy atom. The Morgan fingerprint density at radius 2 is 1.88 bits per heavy atom. The molecule has 0 saturated heterocycles. The molecule has 136 valence electrons. The first-order valence-corrected chi connectivity index (χ1v) is 8.13. The minimum absolute atomic E-state index is 0. The molecule has 0 aromatic heterocycles. The van der Waals surface area contributed by atoms with Crippen LogP contribution in [-0.2, 0) is 11.3 Å². The summed E-state index contributed by atoms with van der Waals surface area (Å²) in [7, 11) is 1.71. The zero-order valence-electron chi connectivity index (χ0n) is 14.7. The summed E-state index contributed by atoms with van der Waals surface area (Å²) in [6.07, 6.45) is 1.37. The summed E-state index contributed by atoms with van der Waals surface area (Å²) in [4.78, 5) is 15.7. The lowest BCUT2D eigenvalue weighted by Gasteiger charge is -2.14. The molecule has 6 nitrogen and oxygen atoms in total. The molecule has 1 amide bonds. The standard InChI is InChI=1S/C17H28N4O2.HI/c1-4-11-19-16(22)10-12-20-17(18-3)21-13-14-8-6-7-9-15(14)23-5-2;/h6-9H,4-5,10-13H2,1-3H3,(H,19,22)(H2,18,20,21);1H. The molecule has 1 aromatic rings. The highest BCUT2D eigenvalue weighted by Crippen LogP contribution is 2.17. The van der Waals surface area contributed by atoms with Gasteiger partial charge in [-0.15, -0.1) is 24.0 Å². The van der Waals surface area contributed by atoms with Crippen LogP contribution in [0.25, 0.3) is 0 Å². The van der Waals surface area contributed by atoms with Crippen molar-refractivity contribution in [2.75, 3.05) is 26.7 Å². The Labute approximate surface area is 161 Å². The van der Waals surface area contributed by atoms with Crippen LogP contribution < -0.4 is 20.7 Å². The molecule has 0 aliphatic rings. The van der Waals surface area contributed by atoms with Crippen LogP contribution in [0.1, 0.15) is 32.3 Å². The van der Waals surface area contributed by atoms with E-state index >= 15 is 0 Å². The van der Waals surface area contributed by atoms with Crippen LogP contribution in [0.2, 0.25) is 0 Å². The number of hydrogen-bond donors (Lipinski definition) is 3. The Bertz CT molecular complexity index is 509. The topological polar surface area (TPSA) is 74.8 Å². The average Bonchev–Trinajstić information content (AvgIpc) is 2.57. The molecular weight excluding hydrogens is 419 g/mol. The number of para-hydroxylation sites is 1. The fourth-order valence-corrected chi connectivity index (χ4v) is 1.99. The number of guanidine groups is 1. The van der Waals surface area contributed by atoms with Gasteiger partial charge >= 0.3 is 0 Å². The van der Waals surface area contributed by atoms with Crippen LogP contribution in [0.5, 0.6) is 5.75 Å². The van der Waals surface area contributed by atoms with Crippen LogP contribution in [0, 0.1) is 0 Å². The third kappa shape index (κ3) is 8.95. The second kappa shape index (κ2) is 13.9. The van der Waals surface area contributed by atoms with Gasteiger partial charge < -0.3 is 20.7 Å². The minimum atomic E-state index is 0. The number of rotatable bonds is 9. The summed E-state index contributed by atoms with van der Waals surface area (Å²) >= 11 is 0. The SMILES string of the molecule is CCCNC(=O)CCNC(=NC)NCc1ccccc1OCC.I. The van der Waals surface area contributed by atoms with Gasteiger partial charge in [0.2, 0.25) is 5.91 Å². The third-order valence-corrected chi connectivity index (χ3v) is 3.16. The molecule has 0 bridgehead atoms.